The minimum Gasteiger partial charge on any atom is -0.494 e. The van der Waals surface area contributed by atoms with Gasteiger partial charge < -0.3 is 19.7 Å². The van der Waals surface area contributed by atoms with Gasteiger partial charge in [0.2, 0.25) is 0 Å². The molecule has 4 rings (SSSR count). The van der Waals surface area contributed by atoms with Gasteiger partial charge in [0.05, 0.1) is 23.4 Å². The highest BCUT2D eigenvalue weighted by atomic mass is 19.1. The van der Waals surface area contributed by atoms with E-state index >= 15 is 0 Å². The van der Waals surface area contributed by atoms with Crippen molar-refractivity contribution in [2.75, 3.05) is 32.6 Å². The van der Waals surface area contributed by atoms with Crippen LogP contribution >= 0.6 is 0 Å². The van der Waals surface area contributed by atoms with Gasteiger partial charge in [0.1, 0.15) is 11.8 Å². The first-order valence-corrected chi connectivity index (χ1v) is 12.6. The van der Waals surface area contributed by atoms with Crippen molar-refractivity contribution in [2.45, 2.75) is 13.3 Å². The fourth-order valence-electron chi connectivity index (χ4n) is 4.01. The van der Waals surface area contributed by atoms with E-state index in [9.17, 15) is 18.8 Å². The number of hydrogen-bond donors (Lipinski definition) is 1. The Labute approximate surface area is 231 Å². The molecule has 0 aliphatic rings. The van der Waals surface area contributed by atoms with E-state index in [1.165, 1.54) is 42.6 Å². The van der Waals surface area contributed by atoms with Crippen molar-refractivity contribution in [1.82, 2.24) is 9.88 Å². The predicted octanol–water partition coefficient (Wildman–Crippen LogP) is 6.55. The first-order chi connectivity index (χ1) is 19.3. The summed E-state index contributed by atoms with van der Waals surface area (Å²) in [6.07, 6.45) is 4.83. The molecule has 0 aliphatic carbocycles. The number of allylic oxidation sites excluding steroid dienone is 1. The van der Waals surface area contributed by atoms with Crippen molar-refractivity contribution in [3.63, 3.8) is 0 Å². The Bertz CT molecular complexity index is 1610. The smallest absolute Gasteiger partial charge is 0.167 e. The predicted molar refractivity (Wildman–Crippen MR) is 150 cm³/mol. The van der Waals surface area contributed by atoms with Crippen molar-refractivity contribution >= 4 is 28.1 Å². The molecule has 7 nitrogen and oxygen atoms in total. The fraction of sp³-hybridized carbons (Fsp3) is 0.194. The van der Waals surface area contributed by atoms with Crippen molar-refractivity contribution in [2.24, 2.45) is 0 Å². The van der Waals surface area contributed by atoms with Gasteiger partial charge in [0.25, 0.3) is 0 Å². The maximum Gasteiger partial charge on any atom is 0.167 e. The summed E-state index contributed by atoms with van der Waals surface area (Å²) in [5, 5.41) is 13.5. The number of nitrogens with one attached hydrogen (secondary N) is 1. The number of ether oxygens (including phenoxy) is 2. The number of ketones is 1. The molecule has 204 valence electrons. The summed E-state index contributed by atoms with van der Waals surface area (Å²) in [5.74, 6) is -1.17. The number of anilines is 2. The zero-order valence-corrected chi connectivity index (χ0v) is 22.4. The van der Waals surface area contributed by atoms with Crippen LogP contribution < -0.4 is 14.8 Å². The number of para-hydroxylation sites is 1. The summed E-state index contributed by atoms with van der Waals surface area (Å²) < 4.78 is 40.1. The molecular weight excluding hydrogens is 514 g/mol. The van der Waals surface area contributed by atoms with Gasteiger partial charge in [-0.05, 0) is 57.4 Å². The monoisotopic (exact) mass is 542 g/mol. The van der Waals surface area contributed by atoms with Crippen LogP contribution in [0.25, 0.3) is 10.9 Å². The Kier molecular flexibility index (Phi) is 9.04. The van der Waals surface area contributed by atoms with Crippen molar-refractivity contribution in [1.29, 1.82) is 5.26 Å². The summed E-state index contributed by atoms with van der Waals surface area (Å²) in [5.41, 5.74) is 2.12. The zero-order chi connectivity index (χ0) is 28.6. The lowest BCUT2D eigenvalue weighted by atomic mass is 10.0. The molecule has 1 heterocycles. The third-order valence-corrected chi connectivity index (χ3v) is 5.87. The number of halogens is 2. The number of hydrogen-bond acceptors (Lipinski definition) is 7. The lowest BCUT2D eigenvalue weighted by molar-refractivity contribution is -0.114. The molecule has 0 amide bonds. The van der Waals surface area contributed by atoms with Crippen LogP contribution in [0.4, 0.5) is 20.2 Å². The Morgan fingerprint density at radius 2 is 1.85 bits per heavy atom. The van der Waals surface area contributed by atoms with Gasteiger partial charge in [-0.25, -0.2) is 8.78 Å². The summed E-state index contributed by atoms with van der Waals surface area (Å²) in [6.45, 7) is 2.87. The van der Waals surface area contributed by atoms with Crippen LogP contribution in [0.1, 0.15) is 18.1 Å². The molecule has 4 aromatic rings. The van der Waals surface area contributed by atoms with Crippen LogP contribution in [0.15, 0.2) is 72.9 Å². The Morgan fingerprint density at radius 3 is 2.55 bits per heavy atom. The first kappa shape index (κ1) is 28.2. The largest absolute Gasteiger partial charge is 0.494 e. The van der Waals surface area contributed by atoms with Crippen LogP contribution in [0.3, 0.4) is 0 Å². The number of rotatable bonds is 11. The molecule has 40 heavy (non-hydrogen) atoms. The number of aromatic nitrogens is 1. The summed E-state index contributed by atoms with van der Waals surface area (Å²) >= 11 is 0. The summed E-state index contributed by atoms with van der Waals surface area (Å²) in [6, 6.07) is 15.4. The second-order valence-corrected chi connectivity index (χ2v) is 9.18. The van der Waals surface area contributed by atoms with E-state index in [0.29, 0.717) is 46.7 Å². The zero-order valence-electron chi connectivity index (χ0n) is 22.4. The van der Waals surface area contributed by atoms with Crippen LogP contribution in [-0.4, -0.2) is 42.9 Å². The number of nitriles is 1. The maximum atomic E-state index is 14.9. The number of likely N-dealkylation sites (N-methyl/N-ethyl adjacent to an activating group) is 1. The number of pyridine rings is 1. The quantitative estimate of drug-likeness (QED) is 0.215. The third-order valence-electron chi connectivity index (χ3n) is 5.87. The van der Waals surface area contributed by atoms with E-state index in [0.717, 1.165) is 0 Å². The number of fused-ring (bicyclic) bond motifs is 1. The molecule has 0 saturated heterocycles. The van der Waals surface area contributed by atoms with Crippen LogP contribution in [0, 0.1) is 23.0 Å². The second kappa shape index (κ2) is 12.8. The van der Waals surface area contributed by atoms with Gasteiger partial charge in [0.15, 0.2) is 28.9 Å². The molecule has 0 bridgehead atoms. The van der Waals surface area contributed by atoms with Gasteiger partial charge in [-0.1, -0.05) is 18.2 Å². The average molecular weight is 543 g/mol. The fourth-order valence-corrected chi connectivity index (χ4v) is 4.01. The summed E-state index contributed by atoms with van der Waals surface area (Å²) in [4.78, 5) is 19.0. The molecule has 0 atom stereocenters. The maximum absolute atomic E-state index is 14.9. The molecular formula is C31H28F2N4O3. The Morgan fingerprint density at radius 1 is 1.07 bits per heavy atom. The van der Waals surface area contributed by atoms with Gasteiger partial charge in [0, 0.05) is 47.9 Å². The van der Waals surface area contributed by atoms with E-state index < -0.39 is 11.6 Å². The first-order valence-electron chi connectivity index (χ1n) is 12.6. The van der Waals surface area contributed by atoms with E-state index in [-0.39, 0.29) is 29.3 Å². The molecule has 1 aromatic heterocycles. The van der Waals surface area contributed by atoms with Crippen molar-refractivity contribution < 1.29 is 23.0 Å². The second-order valence-electron chi connectivity index (χ2n) is 9.18. The highest BCUT2D eigenvalue weighted by molar-refractivity contribution is 5.99. The van der Waals surface area contributed by atoms with Crippen molar-refractivity contribution in [3.8, 4) is 23.3 Å². The average Bonchev–Trinajstić information content (AvgIpc) is 2.92. The molecule has 0 fully saturated rings. The highest BCUT2D eigenvalue weighted by Gasteiger charge is 2.16. The lowest BCUT2D eigenvalue weighted by Gasteiger charge is -2.16. The molecule has 3 aromatic carbocycles. The van der Waals surface area contributed by atoms with Crippen molar-refractivity contribution in [3.05, 3.63) is 95.7 Å². The SMILES string of the molecule is CCOc1cc2ncc(C#N)c(Nc3ccc(Oc4ccccc4F)c(F)c3)c2cc1CC(=O)/C=C/CN(C)C. The standard InChI is InChI=1S/C31H28F2N4O3/c1-4-39-30-17-27-24(15-20(30)14-23(38)8-7-13-37(2)3)31(21(18-34)19-35-27)36-22-11-12-29(26(33)16-22)40-28-10-6-5-9-25(28)32/h5-12,15-17,19H,4,13-14H2,1-3H3,(H,35,36)/b8-7+. The van der Waals surface area contributed by atoms with Gasteiger partial charge in [-0.3, -0.25) is 9.78 Å². The third kappa shape index (κ3) is 6.79. The number of carbonyl (C=O) groups excluding carboxylic acids is 1. The number of benzene rings is 3. The molecule has 9 heteroatoms. The Hall–Kier alpha value is -4.81. The molecule has 0 saturated carbocycles. The molecule has 0 aliphatic heterocycles. The summed E-state index contributed by atoms with van der Waals surface area (Å²) in [7, 11) is 3.82. The van der Waals surface area contributed by atoms with E-state index in [4.69, 9.17) is 9.47 Å². The van der Waals surface area contributed by atoms with Crippen LogP contribution in [-0.2, 0) is 11.2 Å². The van der Waals surface area contributed by atoms with Gasteiger partial charge in [-0.2, -0.15) is 5.26 Å². The minimum absolute atomic E-state index is 0.0854. The van der Waals surface area contributed by atoms with Crippen LogP contribution in [0.5, 0.6) is 17.2 Å². The highest BCUT2D eigenvalue weighted by Crippen LogP contribution is 2.35. The van der Waals surface area contributed by atoms with Crippen LogP contribution in [0.2, 0.25) is 0 Å². The molecule has 0 spiro atoms. The van der Waals surface area contributed by atoms with E-state index in [2.05, 4.69) is 16.4 Å². The lowest BCUT2D eigenvalue weighted by Crippen LogP contribution is -2.11. The number of nitrogens with zero attached hydrogens (tertiary/aromatic N) is 3. The minimum atomic E-state index is -0.723. The Balaban J connectivity index is 1.69. The normalized spacial score (nSPS) is 11.1. The van der Waals surface area contributed by atoms with E-state index in [1.807, 2.05) is 25.9 Å². The van der Waals surface area contributed by atoms with Gasteiger partial charge >= 0.3 is 0 Å². The van der Waals surface area contributed by atoms with Gasteiger partial charge in [-0.15, -0.1) is 0 Å². The molecule has 0 radical (unpaired) electrons. The molecule has 0 unspecified atom stereocenters. The topological polar surface area (TPSA) is 87.5 Å². The van der Waals surface area contributed by atoms with E-state index in [1.54, 1.807) is 30.3 Å². The molecule has 1 N–H and O–H groups in total. The number of carbonyl (C=O) groups is 1.